The maximum atomic E-state index is 11.2. The summed E-state index contributed by atoms with van der Waals surface area (Å²) in [7, 11) is 0. The van der Waals surface area contributed by atoms with Crippen molar-refractivity contribution in [2.24, 2.45) is 0 Å². The maximum Gasteiger partial charge on any atom is 0.508 e. The van der Waals surface area contributed by atoms with Crippen LogP contribution in [0, 0.1) is 0 Å². The molecule has 0 N–H and O–H groups in total. The molecule has 5 nitrogen and oxygen atoms in total. The minimum absolute atomic E-state index is 0.186. The van der Waals surface area contributed by atoms with Gasteiger partial charge in [0.25, 0.3) is 0 Å². The monoisotopic (exact) mass is 308 g/mol. The van der Waals surface area contributed by atoms with E-state index >= 15 is 0 Å². The lowest BCUT2D eigenvalue weighted by molar-refractivity contribution is -0.158. The Morgan fingerprint density at radius 3 is 2.59 bits per heavy atom. The molecule has 2 atom stereocenters. The third-order valence-corrected chi connectivity index (χ3v) is 3.09. The molecular weight excluding hydrogens is 292 g/mol. The zero-order chi connectivity index (χ0) is 13.1. The quantitative estimate of drug-likeness (QED) is 0.589. The smallest absolute Gasteiger partial charge is 0.460 e. The fourth-order valence-electron chi connectivity index (χ4n) is 1.89. The van der Waals surface area contributed by atoms with Gasteiger partial charge in [-0.1, -0.05) is 15.9 Å². The SMILES string of the molecule is CC(=O)OC(C)(C)C[C@H]1C[C@@H](CBr)OC(=O)O1. The summed E-state index contributed by atoms with van der Waals surface area (Å²) in [6.07, 6.45) is -0.0702. The average molecular weight is 309 g/mol. The van der Waals surface area contributed by atoms with Crippen LogP contribution < -0.4 is 0 Å². The Bertz CT molecular complexity index is 302. The maximum absolute atomic E-state index is 11.2. The zero-order valence-corrected chi connectivity index (χ0v) is 11.8. The summed E-state index contributed by atoms with van der Waals surface area (Å²) in [5.74, 6) is -0.342. The van der Waals surface area contributed by atoms with Crippen LogP contribution in [0.1, 0.15) is 33.6 Å². The molecule has 0 aromatic rings. The molecular formula is C11H17BrO5. The number of esters is 1. The predicted molar refractivity (Wildman–Crippen MR) is 64.0 cm³/mol. The van der Waals surface area contributed by atoms with Crippen LogP contribution in [0.25, 0.3) is 0 Å². The molecule has 1 fully saturated rings. The number of cyclic esters (lactones) is 2. The Hall–Kier alpha value is -0.780. The second kappa shape index (κ2) is 5.71. The second-order valence-corrected chi connectivity index (χ2v) is 5.32. The van der Waals surface area contributed by atoms with Crippen LogP contribution in [0.5, 0.6) is 0 Å². The van der Waals surface area contributed by atoms with Gasteiger partial charge in [0.1, 0.15) is 17.8 Å². The highest BCUT2D eigenvalue weighted by Crippen LogP contribution is 2.26. The fourth-order valence-corrected chi connectivity index (χ4v) is 2.28. The lowest BCUT2D eigenvalue weighted by Gasteiger charge is -2.33. The van der Waals surface area contributed by atoms with Crippen molar-refractivity contribution in [1.29, 1.82) is 0 Å². The largest absolute Gasteiger partial charge is 0.508 e. The summed E-state index contributed by atoms with van der Waals surface area (Å²) < 4.78 is 15.2. The van der Waals surface area contributed by atoms with Crippen molar-refractivity contribution < 1.29 is 23.8 Å². The molecule has 0 aromatic heterocycles. The molecule has 6 heteroatoms. The molecule has 1 aliphatic heterocycles. The third-order valence-electron chi connectivity index (χ3n) is 2.36. The van der Waals surface area contributed by atoms with Gasteiger partial charge >= 0.3 is 12.1 Å². The molecule has 1 saturated heterocycles. The molecule has 0 radical (unpaired) electrons. The molecule has 0 saturated carbocycles. The van der Waals surface area contributed by atoms with Gasteiger partial charge in [0.2, 0.25) is 0 Å². The lowest BCUT2D eigenvalue weighted by Crippen LogP contribution is -2.40. The van der Waals surface area contributed by atoms with E-state index in [1.807, 2.05) is 0 Å². The van der Waals surface area contributed by atoms with Crippen molar-refractivity contribution in [2.75, 3.05) is 5.33 Å². The molecule has 17 heavy (non-hydrogen) atoms. The summed E-state index contributed by atoms with van der Waals surface area (Å²) >= 11 is 3.27. The van der Waals surface area contributed by atoms with E-state index in [0.29, 0.717) is 18.2 Å². The van der Waals surface area contributed by atoms with Gasteiger partial charge in [0.05, 0.1) is 0 Å². The van der Waals surface area contributed by atoms with E-state index in [-0.39, 0.29) is 18.2 Å². The summed E-state index contributed by atoms with van der Waals surface area (Å²) in [5, 5.41) is 0.576. The van der Waals surface area contributed by atoms with Crippen LogP contribution >= 0.6 is 15.9 Å². The molecule has 1 rings (SSSR count). The van der Waals surface area contributed by atoms with Gasteiger partial charge in [-0.15, -0.1) is 0 Å². The molecule has 1 heterocycles. The predicted octanol–water partition coefficient (Wildman–Crippen LogP) is 2.41. The number of rotatable bonds is 4. The van der Waals surface area contributed by atoms with Gasteiger partial charge in [-0.25, -0.2) is 4.79 Å². The fraction of sp³-hybridized carbons (Fsp3) is 0.818. The van der Waals surface area contributed by atoms with Gasteiger partial charge in [0.15, 0.2) is 0 Å². The lowest BCUT2D eigenvalue weighted by atomic mass is 9.96. The summed E-state index contributed by atoms with van der Waals surface area (Å²) in [6.45, 7) is 4.95. The Labute approximate surface area is 109 Å². The number of ether oxygens (including phenoxy) is 3. The van der Waals surface area contributed by atoms with Crippen molar-refractivity contribution >= 4 is 28.1 Å². The molecule has 0 spiro atoms. The average Bonchev–Trinajstić information content (AvgIpc) is 2.13. The number of carbonyl (C=O) groups is 2. The van der Waals surface area contributed by atoms with E-state index in [1.165, 1.54) is 6.92 Å². The molecule has 0 aliphatic carbocycles. The summed E-state index contributed by atoms with van der Waals surface area (Å²) in [6, 6.07) is 0. The van der Waals surface area contributed by atoms with Crippen molar-refractivity contribution in [3.63, 3.8) is 0 Å². The first kappa shape index (κ1) is 14.3. The Morgan fingerprint density at radius 1 is 1.47 bits per heavy atom. The first-order chi connectivity index (χ1) is 7.82. The number of hydrogen-bond acceptors (Lipinski definition) is 5. The van der Waals surface area contributed by atoms with Crippen LogP contribution in [0.4, 0.5) is 4.79 Å². The summed E-state index contributed by atoms with van der Waals surface area (Å²) in [5.41, 5.74) is -0.648. The first-order valence-corrected chi connectivity index (χ1v) is 6.57. The minimum atomic E-state index is -0.663. The van der Waals surface area contributed by atoms with E-state index in [2.05, 4.69) is 15.9 Å². The van der Waals surface area contributed by atoms with Gasteiger partial charge in [-0.05, 0) is 13.8 Å². The van der Waals surface area contributed by atoms with Crippen molar-refractivity contribution in [3.8, 4) is 0 Å². The van der Waals surface area contributed by atoms with Gasteiger partial charge in [0, 0.05) is 25.1 Å². The van der Waals surface area contributed by atoms with E-state index in [1.54, 1.807) is 13.8 Å². The van der Waals surface area contributed by atoms with E-state index < -0.39 is 11.8 Å². The highest BCUT2D eigenvalue weighted by Gasteiger charge is 2.34. The molecule has 98 valence electrons. The number of halogens is 1. The first-order valence-electron chi connectivity index (χ1n) is 5.45. The third kappa shape index (κ3) is 4.93. The Morgan fingerprint density at radius 2 is 2.06 bits per heavy atom. The molecule has 0 aromatic carbocycles. The van der Waals surface area contributed by atoms with E-state index in [4.69, 9.17) is 14.2 Å². The Balaban J connectivity index is 2.55. The number of carbonyl (C=O) groups excluding carboxylic acids is 2. The zero-order valence-electron chi connectivity index (χ0n) is 10.2. The van der Waals surface area contributed by atoms with Crippen molar-refractivity contribution in [3.05, 3.63) is 0 Å². The van der Waals surface area contributed by atoms with E-state index in [9.17, 15) is 9.59 Å². The normalized spacial score (nSPS) is 24.8. The Kier molecular flexibility index (Phi) is 4.80. The van der Waals surface area contributed by atoms with Gasteiger partial charge < -0.3 is 14.2 Å². The second-order valence-electron chi connectivity index (χ2n) is 4.68. The van der Waals surface area contributed by atoms with E-state index in [0.717, 1.165) is 0 Å². The number of alkyl halides is 1. The van der Waals surface area contributed by atoms with Crippen LogP contribution in [0.15, 0.2) is 0 Å². The van der Waals surface area contributed by atoms with Crippen LogP contribution in [0.2, 0.25) is 0 Å². The summed E-state index contributed by atoms with van der Waals surface area (Å²) in [4.78, 5) is 22.1. The topological polar surface area (TPSA) is 61.8 Å². The van der Waals surface area contributed by atoms with Gasteiger partial charge in [-0.2, -0.15) is 0 Å². The highest BCUT2D eigenvalue weighted by molar-refractivity contribution is 9.09. The van der Waals surface area contributed by atoms with Gasteiger partial charge in [-0.3, -0.25) is 4.79 Å². The molecule has 1 aliphatic rings. The molecule has 0 bridgehead atoms. The highest BCUT2D eigenvalue weighted by atomic mass is 79.9. The molecule has 0 unspecified atom stereocenters. The number of hydrogen-bond donors (Lipinski definition) is 0. The molecule has 0 amide bonds. The van der Waals surface area contributed by atoms with Crippen LogP contribution in [-0.4, -0.2) is 35.3 Å². The van der Waals surface area contributed by atoms with Crippen LogP contribution in [0.3, 0.4) is 0 Å². The van der Waals surface area contributed by atoms with Crippen LogP contribution in [-0.2, 0) is 19.0 Å². The minimum Gasteiger partial charge on any atom is -0.460 e. The van der Waals surface area contributed by atoms with Crippen molar-refractivity contribution in [1.82, 2.24) is 0 Å². The standard InChI is InChI=1S/C11H17BrO5/c1-7(13)17-11(2,3)5-8-4-9(6-12)16-10(14)15-8/h8-9H,4-6H2,1-3H3/t8-,9+/m1/s1. The van der Waals surface area contributed by atoms with Crippen molar-refractivity contribution in [2.45, 2.75) is 51.4 Å².